The van der Waals surface area contributed by atoms with Crippen LogP contribution >= 0.6 is 11.6 Å². The Labute approximate surface area is 141 Å². The first-order valence-electron chi connectivity index (χ1n) is 6.93. The molecule has 7 heteroatoms. The normalized spacial score (nSPS) is 10.8. The zero-order valence-electron chi connectivity index (χ0n) is 12.5. The van der Waals surface area contributed by atoms with E-state index in [4.69, 9.17) is 16.0 Å². The van der Waals surface area contributed by atoms with Crippen molar-refractivity contribution in [3.05, 3.63) is 58.3 Å². The average Bonchev–Trinajstić information content (AvgIpc) is 2.88. The van der Waals surface area contributed by atoms with Crippen molar-refractivity contribution in [2.75, 3.05) is 5.32 Å². The number of hydrogen-bond acceptors (Lipinski definition) is 4. The zero-order chi connectivity index (χ0) is 17.4. The van der Waals surface area contributed by atoms with Crippen LogP contribution in [-0.2, 0) is 0 Å². The van der Waals surface area contributed by atoms with Crippen LogP contribution in [0.2, 0.25) is 5.02 Å². The van der Waals surface area contributed by atoms with Crippen LogP contribution in [0, 0.1) is 6.92 Å². The van der Waals surface area contributed by atoms with Gasteiger partial charge in [-0.05, 0) is 31.2 Å². The number of carboxylic acids is 1. The number of para-hydroxylation sites is 1. The number of anilines is 1. The molecule has 0 aliphatic rings. The van der Waals surface area contributed by atoms with Gasteiger partial charge in [-0.15, -0.1) is 0 Å². The number of phenols is 1. The van der Waals surface area contributed by atoms with Crippen LogP contribution in [-0.4, -0.2) is 22.1 Å². The molecular weight excluding hydrogens is 334 g/mol. The second-order valence-corrected chi connectivity index (χ2v) is 5.57. The van der Waals surface area contributed by atoms with Crippen molar-refractivity contribution in [2.24, 2.45) is 0 Å². The molecule has 0 atom stereocenters. The third kappa shape index (κ3) is 2.68. The minimum Gasteiger partial charge on any atom is -0.508 e. The van der Waals surface area contributed by atoms with Gasteiger partial charge in [-0.1, -0.05) is 23.7 Å². The second-order valence-electron chi connectivity index (χ2n) is 5.16. The van der Waals surface area contributed by atoms with Crippen molar-refractivity contribution in [1.29, 1.82) is 0 Å². The molecule has 1 heterocycles. The Bertz CT molecular complexity index is 977. The number of aromatic carboxylic acids is 1. The highest BCUT2D eigenvalue weighted by Gasteiger charge is 2.21. The summed E-state index contributed by atoms with van der Waals surface area (Å²) in [7, 11) is 0. The van der Waals surface area contributed by atoms with Crippen LogP contribution in [0.4, 0.5) is 5.69 Å². The highest BCUT2D eigenvalue weighted by atomic mass is 35.5. The largest absolute Gasteiger partial charge is 0.508 e. The number of rotatable bonds is 3. The number of nitrogens with one attached hydrogen (secondary N) is 1. The van der Waals surface area contributed by atoms with Gasteiger partial charge in [-0.25, -0.2) is 4.79 Å². The summed E-state index contributed by atoms with van der Waals surface area (Å²) in [5.74, 6) is -2.04. The molecule has 0 bridgehead atoms. The Morgan fingerprint density at radius 1 is 1.21 bits per heavy atom. The SMILES string of the molecule is Cc1c(C(=O)Nc2ccc(O)cc2C(=O)O)oc2c(Cl)cccc12. The van der Waals surface area contributed by atoms with E-state index in [9.17, 15) is 19.8 Å². The quantitative estimate of drug-likeness (QED) is 0.622. The fourth-order valence-electron chi connectivity index (χ4n) is 2.42. The number of carbonyl (C=O) groups is 2. The van der Waals surface area contributed by atoms with E-state index < -0.39 is 11.9 Å². The Hall–Kier alpha value is -2.99. The summed E-state index contributed by atoms with van der Waals surface area (Å²) in [5, 5.41) is 22.1. The first-order valence-corrected chi connectivity index (χ1v) is 7.31. The predicted molar refractivity (Wildman–Crippen MR) is 89.0 cm³/mol. The summed E-state index contributed by atoms with van der Waals surface area (Å²) in [4.78, 5) is 23.7. The van der Waals surface area contributed by atoms with E-state index in [1.165, 1.54) is 12.1 Å². The Balaban J connectivity index is 2.01. The Morgan fingerprint density at radius 3 is 2.62 bits per heavy atom. The number of phenolic OH excluding ortho intramolecular Hbond substituents is 1. The van der Waals surface area contributed by atoms with E-state index in [0.717, 1.165) is 6.07 Å². The fraction of sp³-hybridized carbons (Fsp3) is 0.0588. The molecule has 0 spiro atoms. The number of benzene rings is 2. The van der Waals surface area contributed by atoms with Crippen LogP contribution in [0.25, 0.3) is 11.0 Å². The Morgan fingerprint density at radius 2 is 1.96 bits per heavy atom. The summed E-state index contributed by atoms with van der Waals surface area (Å²) < 4.78 is 5.55. The van der Waals surface area contributed by atoms with Crippen molar-refractivity contribution in [3.8, 4) is 5.75 Å². The molecule has 0 fully saturated rings. The van der Waals surface area contributed by atoms with E-state index in [1.807, 2.05) is 0 Å². The summed E-state index contributed by atoms with van der Waals surface area (Å²) >= 11 is 6.06. The number of halogens is 1. The number of aromatic hydroxyl groups is 1. The third-order valence-corrected chi connectivity index (χ3v) is 3.90. The molecule has 0 unspecified atom stereocenters. The topological polar surface area (TPSA) is 99.8 Å². The molecule has 0 aliphatic carbocycles. The third-order valence-electron chi connectivity index (χ3n) is 3.60. The monoisotopic (exact) mass is 345 g/mol. The summed E-state index contributed by atoms with van der Waals surface area (Å²) in [6.07, 6.45) is 0. The Kier molecular flexibility index (Phi) is 3.91. The maximum absolute atomic E-state index is 12.5. The highest BCUT2D eigenvalue weighted by molar-refractivity contribution is 6.35. The van der Waals surface area contributed by atoms with Crippen molar-refractivity contribution in [3.63, 3.8) is 0 Å². The number of hydrogen-bond donors (Lipinski definition) is 3. The van der Waals surface area contributed by atoms with E-state index in [2.05, 4.69) is 5.32 Å². The number of aryl methyl sites for hydroxylation is 1. The van der Waals surface area contributed by atoms with Crippen molar-refractivity contribution in [2.45, 2.75) is 6.92 Å². The van der Waals surface area contributed by atoms with E-state index in [0.29, 0.717) is 21.6 Å². The van der Waals surface area contributed by atoms with Crippen LogP contribution < -0.4 is 5.32 Å². The van der Waals surface area contributed by atoms with Crippen LogP contribution in [0.15, 0.2) is 40.8 Å². The summed E-state index contributed by atoms with van der Waals surface area (Å²) in [6.45, 7) is 1.71. The summed E-state index contributed by atoms with van der Waals surface area (Å²) in [6, 6.07) is 8.82. The van der Waals surface area contributed by atoms with Crippen LogP contribution in [0.1, 0.15) is 26.5 Å². The molecule has 3 aromatic rings. The number of fused-ring (bicyclic) bond motifs is 1. The van der Waals surface area contributed by atoms with Gasteiger partial charge in [0.1, 0.15) is 5.75 Å². The van der Waals surface area contributed by atoms with Gasteiger partial charge >= 0.3 is 5.97 Å². The minimum absolute atomic E-state index is 0.0440. The van der Waals surface area contributed by atoms with E-state index in [-0.39, 0.29) is 22.8 Å². The molecule has 0 saturated heterocycles. The highest BCUT2D eigenvalue weighted by Crippen LogP contribution is 2.31. The zero-order valence-corrected chi connectivity index (χ0v) is 13.2. The number of carbonyl (C=O) groups excluding carboxylic acids is 1. The number of furan rings is 1. The molecule has 0 aliphatic heterocycles. The lowest BCUT2D eigenvalue weighted by atomic mass is 10.1. The number of amides is 1. The van der Waals surface area contributed by atoms with Crippen LogP contribution in [0.3, 0.4) is 0 Å². The van der Waals surface area contributed by atoms with E-state index >= 15 is 0 Å². The standard InChI is InChI=1S/C17H12ClNO5/c1-8-10-3-2-4-12(18)15(10)24-14(8)16(21)19-13-6-5-9(20)7-11(13)17(22)23/h2-7,20H,1H3,(H,19,21)(H,22,23). The maximum atomic E-state index is 12.5. The smallest absolute Gasteiger partial charge is 0.337 e. The van der Waals surface area contributed by atoms with E-state index in [1.54, 1.807) is 25.1 Å². The lowest BCUT2D eigenvalue weighted by molar-refractivity contribution is 0.0697. The van der Waals surface area contributed by atoms with Gasteiger partial charge in [0.25, 0.3) is 5.91 Å². The molecular formula is C17H12ClNO5. The maximum Gasteiger partial charge on any atom is 0.337 e. The fourth-order valence-corrected chi connectivity index (χ4v) is 2.64. The molecule has 3 N–H and O–H groups in total. The van der Waals surface area contributed by atoms with Gasteiger partial charge in [0.05, 0.1) is 16.3 Å². The van der Waals surface area contributed by atoms with Crippen molar-refractivity contribution < 1.29 is 24.2 Å². The molecule has 1 amide bonds. The van der Waals surface area contributed by atoms with Gasteiger partial charge < -0.3 is 19.9 Å². The summed E-state index contributed by atoms with van der Waals surface area (Å²) in [5.41, 5.74) is 0.818. The van der Waals surface area contributed by atoms with Crippen molar-refractivity contribution >= 4 is 40.1 Å². The van der Waals surface area contributed by atoms with Gasteiger partial charge in [0, 0.05) is 10.9 Å². The molecule has 0 saturated carbocycles. The number of carboxylic acid groups (broad SMARTS) is 1. The molecule has 122 valence electrons. The van der Waals surface area contributed by atoms with Gasteiger partial charge in [-0.3, -0.25) is 4.79 Å². The van der Waals surface area contributed by atoms with Gasteiger partial charge in [0.2, 0.25) is 0 Å². The predicted octanol–water partition coefficient (Wildman–Crippen LogP) is 4.05. The molecule has 1 aromatic heterocycles. The lowest BCUT2D eigenvalue weighted by Gasteiger charge is -2.08. The van der Waals surface area contributed by atoms with Gasteiger partial charge in [-0.2, -0.15) is 0 Å². The first-order chi connectivity index (χ1) is 11.4. The minimum atomic E-state index is -1.27. The molecule has 2 aromatic carbocycles. The average molecular weight is 346 g/mol. The second kappa shape index (κ2) is 5.90. The molecule has 6 nitrogen and oxygen atoms in total. The van der Waals surface area contributed by atoms with Gasteiger partial charge in [0.15, 0.2) is 11.3 Å². The molecule has 3 rings (SSSR count). The molecule has 24 heavy (non-hydrogen) atoms. The first kappa shape index (κ1) is 15.9. The molecule has 0 radical (unpaired) electrons. The van der Waals surface area contributed by atoms with Crippen molar-refractivity contribution in [1.82, 2.24) is 0 Å². The lowest BCUT2D eigenvalue weighted by Crippen LogP contribution is -2.15. The van der Waals surface area contributed by atoms with Crippen LogP contribution in [0.5, 0.6) is 5.75 Å².